The third-order valence-corrected chi connectivity index (χ3v) is 13.9. The molecule has 3 atom stereocenters. The Kier molecular flexibility index (Phi) is 50.8. The molecular formula is C62H113N2O6P. The number of rotatable bonds is 53. The number of carbonyl (C=O) groups excluding carboxylic acids is 1. The Morgan fingerprint density at radius 1 is 0.507 bits per heavy atom. The molecule has 0 heterocycles. The van der Waals surface area contributed by atoms with Crippen LogP contribution in [-0.4, -0.2) is 68.5 Å². The monoisotopic (exact) mass is 1010 g/mol. The topological polar surface area (TPSA) is 108 Å². The van der Waals surface area contributed by atoms with Gasteiger partial charge in [-0.3, -0.25) is 9.36 Å². The SMILES string of the molecule is CC/C=C\C/C=C\C/C=C\C/C=C\C/C=C\C/C=C\C/C=C\CCCCCCCCCCCCCCCCCC(=O)NC(COP(=O)([O-])OCC[N+](C)(C)C)C(O)CCCCCCCCCCCCCC. The molecule has 71 heavy (non-hydrogen) atoms. The summed E-state index contributed by atoms with van der Waals surface area (Å²) in [6.07, 6.45) is 73.4. The summed E-state index contributed by atoms with van der Waals surface area (Å²) in [7, 11) is 1.30. The molecule has 0 saturated carbocycles. The summed E-state index contributed by atoms with van der Waals surface area (Å²) < 4.78 is 23.4. The van der Waals surface area contributed by atoms with Gasteiger partial charge in [0.05, 0.1) is 39.9 Å². The van der Waals surface area contributed by atoms with Gasteiger partial charge in [-0.2, -0.15) is 0 Å². The molecule has 9 heteroatoms. The van der Waals surface area contributed by atoms with E-state index in [-0.39, 0.29) is 19.1 Å². The van der Waals surface area contributed by atoms with Gasteiger partial charge in [-0.05, 0) is 70.6 Å². The van der Waals surface area contributed by atoms with Crippen molar-refractivity contribution < 1.29 is 32.9 Å². The molecule has 0 radical (unpaired) electrons. The number of nitrogens with zero attached hydrogens (tertiary/aromatic N) is 1. The molecular weight excluding hydrogens is 900 g/mol. The number of carbonyl (C=O) groups is 1. The number of allylic oxidation sites excluding steroid dienone is 14. The van der Waals surface area contributed by atoms with Gasteiger partial charge in [-0.25, -0.2) is 0 Å². The van der Waals surface area contributed by atoms with Gasteiger partial charge >= 0.3 is 0 Å². The highest BCUT2D eigenvalue weighted by Crippen LogP contribution is 2.38. The molecule has 1 amide bonds. The molecule has 3 unspecified atom stereocenters. The van der Waals surface area contributed by atoms with E-state index in [1.54, 1.807) is 0 Å². The van der Waals surface area contributed by atoms with Gasteiger partial charge in [0.15, 0.2) is 0 Å². The van der Waals surface area contributed by atoms with E-state index in [1.165, 1.54) is 141 Å². The van der Waals surface area contributed by atoms with Crippen LogP contribution in [0.2, 0.25) is 0 Å². The van der Waals surface area contributed by atoms with Crippen molar-refractivity contribution in [1.82, 2.24) is 5.32 Å². The number of likely N-dealkylation sites (N-methyl/N-ethyl adjacent to an activating group) is 1. The van der Waals surface area contributed by atoms with Gasteiger partial charge in [-0.15, -0.1) is 0 Å². The number of quaternary nitrogens is 1. The summed E-state index contributed by atoms with van der Waals surface area (Å²) in [6, 6.07) is -0.803. The summed E-state index contributed by atoms with van der Waals surface area (Å²) in [5.41, 5.74) is 0. The Labute approximate surface area is 439 Å². The number of hydrogen-bond acceptors (Lipinski definition) is 6. The van der Waals surface area contributed by atoms with Crippen molar-refractivity contribution in [3.8, 4) is 0 Å². The predicted molar refractivity (Wildman–Crippen MR) is 307 cm³/mol. The molecule has 0 aliphatic rings. The lowest BCUT2D eigenvalue weighted by atomic mass is 10.0. The van der Waals surface area contributed by atoms with Crippen LogP contribution in [0, 0.1) is 0 Å². The van der Waals surface area contributed by atoms with Crippen LogP contribution < -0.4 is 10.2 Å². The van der Waals surface area contributed by atoms with Crippen LogP contribution in [0.25, 0.3) is 0 Å². The summed E-state index contributed by atoms with van der Waals surface area (Å²) in [4.78, 5) is 25.5. The number of aliphatic hydroxyl groups is 1. The minimum Gasteiger partial charge on any atom is -0.756 e. The van der Waals surface area contributed by atoms with Crippen molar-refractivity contribution in [3.63, 3.8) is 0 Å². The smallest absolute Gasteiger partial charge is 0.268 e. The van der Waals surface area contributed by atoms with E-state index < -0.39 is 20.0 Å². The summed E-state index contributed by atoms with van der Waals surface area (Å²) in [5, 5.41) is 14.0. The van der Waals surface area contributed by atoms with Crippen molar-refractivity contribution in [2.24, 2.45) is 0 Å². The van der Waals surface area contributed by atoms with Crippen molar-refractivity contribution in [2.45, 2.75) is 264 Å². The number of hydrogen-bond donors (Lipinski definition) is 2. The number of unbranched alkanes of at least 4 members (excludes halogenated alkanes) is 26. The van der Waals surface area contributed by atoms with Crippen LogP contribution in [0.1, 0.15) is 251 Å². The molecule has 0 aromatic rings. The van der Waals surface area contributed by atoms with Gasteiger partial charge in [0, 0.05) is 6.42 Å². The first-order valence-corrected chi connectivity index (χ1v) is 30.9. The molecule has 0 aliphatic heterocycles. The van der Waals surface area contributed by atoms with Crippen LogP contribution in [-0.2, 0) is 18.4 Å². The van der Waals surface area contributed by atoms with E-state index in [1.807, 2.05) is 21.1 Å². The zero-order valence-corrected chi connectivity index (χ0v) is 47.8. The van der Waals surface area contributed by atoms with Gasteiger partial charge in [0.1, 0.15) is 13.2 Å². The Balaban J connectivity index is 3.98. The minimum atomic E-state index is -4.57. The molecule has 8 nitrogen and oxygen atoms in total. The van der Waals surface area contributed by atoms with Crippen LogP contribution in [0.15, 0.2) is 85.1 Å². The lowest BCUT2D eigenvalue weighted by molar-refractivity contribution is -0.870. The van der Waals surface area contributed by atoms with Gasteiger partial charge in [-0.1, -0.05) is 259 Å². The second kappa shape index (κ2) is 52.5. The Morgan fingerprint density at radius 2 is 0.859 bits per heavy atom. The lowest BCUT2D eigenvalue weighted by Crippen LogP contribution is -2.46. The third kappa shape index (κ3) is 55.3. The number of phosphoric acid groups is 1. The second-order valence-corrected chi connectivity index (χ2v) is 22.4. The first kappa shape index (κ1) is 68.7. The standard InChI is InChI=1S/C62H113N2O6P/c1-6-8-10-12-14-16-18-20-21-22-23-24-25-26-27-28-29-30-31-32-33-34-35-36-37-38-39-40-41-42-43-44-46-48-50-52-54-56-62(66)63-60(59-70-71(67,68)69-58-57-64(3,4)5)61(65)55-53-51-49-47-45-19-17-15-13-11-9-7-2/h8,10,14,16,20-21,23-24,26-27,29-30,32-33,60-61,65H,6-7,9,11-13,15,17-19,22,25,28,31,34-59H2,1-5H3,(H-,63,66,67,68)/b10-8-,16-14-,21-20-,24-23-,27-26-,30-29-,33-32-. The molecule has 2 N–H and O–H groups in total. The molecule has 0 aliphatic carbocycles. The van der Waals surface area contributed by atoms with Crippen LogP contribution in [0.3, 0.4) is 0 Å². The fourth-order valence-corrected chi connectivity index (χ4v) is 9.04. The number of nitrogens with one attached hydrogen (secondary N) is 1. The zero-order chi connectivity index (χ0) is 52.0. The zero-order valence-electron chi connectivity index (χ0n) is 46.9. The van der Waals surface area contributed by atoms with Crippen molar-refractivity contribution in [3.05, 3.63) is 85.1 Å². The predicted octanol–water partition coefficient (Wildman–Crippen LogP) is 17.4. The van der Waals surface area contributed by atoms with E-state index in [2.05, 4.69) is 104 Å². The van der Waals surface area contributed by atoms with E-state index in [0.29, 0.717) is 23.9 Å². The maximum Gasteiger partial charge on any atom is 0.268 e. The van der Waals surface area contributed by atoms with E-state index in [0.717, 1.165) is 83.5 Å². The summed E-state index contributed by atoms with van der Waals surface area (Å²) in [5.74, 6) is -0.167. The normalized spacial score (nSPS) is 14.5. The number of amides is 1. The summed E-state index contributed by atoms with van der Waals surface area (Å²) in [6.45, 7) is 4.60. The highest BCUT2D eigenvalue weighted by molar-refractivity contribution is 7.45. The average Bonchev–Trinajstić information content (AvgIpc) is 3.33. The largest absolute Gasteiger partial charge is 0.756 e. The Bertz CT molecular complexity index is 1430. The molecule has 0 saturated heterocycles. The van der Waals surface area contributed by atoms with Gasteiger partial charge < -0.3 is 28.8 Å². The maximum atomic E-state index is 13.0. The maximum absolute atomic E-state index is 13.0. The fraction of sp³-hybridized carbons (Fsp3) is 0.758. The minimum absolute atomic E-state index is 0.0103. The van der Waals surface area contributed by atoms with E-state index in [9.17, 15) is 19.4 Å². The van der Waals surface area contributed by atoms with Crippen LogP contribution in [0.4, 0.5) is 0 Å². The van der Waals surface area contributed by atoms with E-state index in [4.69, 9.17) is 9.05 Å². The highest BCUT2D eigenvalue weighted by atomic mass is 31.2. The van der Waals surface area contributed by atoms with Gasteiger partial charge in [0.2, 0.25) is 5.91 Å². The Hall–Kier alpha value is -2.32. The average molecular weight is 1010 g/mol. The van der Waals surface area contributed by atoms with Crippen LogP contribution in [0.5, 0.6) is 0 Å². The quantitative estimate of drug-likeness (QED) is 0.0272. The van der Waals surface area contributed by atoms with Crippen molar-refractivity contribution in [2.75, 3.05) is 40.9 Å². The first-order chi connectivity index (χ1) is 34.5. The second-order valence-electron chi connectivity index (χ2n) is 21.0. The molecule has 0 rings (SSSR count). The molecule has 0 aromatic heterocycles. The lowest BCUT2D eigenvalue weighted by Gasteiger charge is -2.30. The first-order valence-electron chi connectivity index (χ1n) is 29.4. The molecule has 412 valence electrons. The molecule has 0 aromatic carbocycles. The van der Waals surface area contributed by atoms with Crippen molar-refractivity contribution in [1.29, 1.82) is 0 Å². The van der Waals surface area contributed by atoms with Crippen LogP contribution >= 0.6 is 7.82 Å². The summed E-state index contributed by atoms with van der Waals surface area (Å²) >= 11 is 0. The molecule has 0 bridgehead atoms. The number of phosphoric ester groups is 1. The van der Waals surface area contributed by atoms with Crippen molar-refractivity contribution >= 4 is 13.7 Å². The fourth-order valence-electron chi connectivity index (χ4n) is 8.32. The number of aliphatic hydroxyl groups excluding tert-OH is 1. The van der Waals surface area contributed by atoms with E-state index >= 15 is 0 Å². The Morgan fingerprint density at radius 3 is 1.25 bits per heavy atom. The molecule has 0 spiro atoms. The third-order valence-electron chi connectivity index (χ3n) is 12.9. The highest BCUT2D eigenvalue weighted by Gasteiger charge is 2.24. The molecule has 0 fully saturated rings. The van der Waals surface area contributed by atoms with Gasteiger partial charge in [0.25, 0.3) is 7.82 Å².